The summed E-state index contributed by atoms with van der Waals surface area (Å²) in [5.41, 5.74) is 8.20. The van der Waals surface area contributed by atoms with Gasteiger partial charge in [0.2, 0.25) is 23.1 Å². The first-order valence-corrected chi connectivity index (χ1v) is 16.6. The van der Waals surface area contributed by atoms with E-state index in [9.17, 15) is 38.7 Å². The fourth-order valence-corrected chi connectivity index (χ4v) is 5.61. The van der Waals surface area contributed by atoms with Gasteiger partial charge in [0.1, 0.15) is 5.75 Å². The van der Waals surface area contributed by atoms with Gasteiger partial charge in [-0.25, -0.2) is 4.79 Å². The van der Waals surface area contributed by atoms with Crippen LogP contribution in [0.1, 0.15) is 62.4 Å². The number of carbonyl (C=O) groups is 7. The molecule has 280 valence electrons. The number of fused-ring (bicyclic) bond motifs is 3. The van der Waals surface area contributed by atoms with Crippen LogP contribution < -0.4 is 18.1 Å². The largest absolute Gasteiger partial charge is 1.00 e. The van der Waals surface area contributed by atoms with Crippen LogP contribution in [0.4, 0.5) is 0 Å². The van der Waals surface area contributed by atoms with Crippen molar-refractivity contribution in [2.75, 3.05) is 0 Å². The number of aliphatic carboxylic acids is 3. The van der Waals surface area contributed by atoms with Gasteiger partial charge in [0.15, 0.2) is 6.04 Å². The highest BCUT2D eigenvalue weighted by molar-refractivity contribution is 6.50. The number of benzene rings is 4. The zero-order chi connectivity index (χ0) is 39.0. The molecule has 2 aliphatic carbocycles. The highest BCUT2D eigenvalue weighted by Gasteiger charge is 2.23. The van der Waals surface area contributed by atoms with Gasteiger partial charge in [-0.1, -0.05) is 92.7 Å². The van der Waals surface area contributed by atoms with E-state index in [0.29, 0.717) is 41.5 Å². The molecule has 3 atom stereocenters. The van der Waals surface area contributed by atoms with Crippen molar-refractivity contribution in [3.05, 3.63) is 124 Å². The first-order valence-electron chi connectivity index (χ1n) is 16.6. The average Bonchev–Trinajstić information content (AvgIpc) is 3.12. The molecule has 3 unspecified atom stereocenters. The number of carboxylic acids is 3. The molecule has 0 aliphatic heterocycles. The molecule has 13 heteroatoms. The van der Waals surface area contributed by atoms with Crippen molar-refractivity contribution in [2.45, 2.75) is 39.2 Å². The third-order valence-corrected chi connectivity index (χ3v) is 8.68. The maximum atomic E-state index is 11.6. The van der Waals surface area contributed by atoms with Gasteiger partial charge >= 0.3 is 17.9 Å². The lowest BCUT2D eigenvalue weighted by Crippen LogP contribution is -3.00. The Balaban J connectivity index is 0.000000216. The number of aromatic hydroxyl groups is 1. The highest BCUT2D eigenvalue weighted by Crippen LogP contribution is 2.26. The molecule has 6 rings (SSSR count). The van der Waals surface area contributed by atoms with E-state index in [0.717, 1.165) is 27.5 Å². The standard InChI is InChI=1S/C14H12O4.C14H14O3.C13H11NO4.ClH/c1-8(14(17)18)6-9-2-4-11-10(7-9)3-5-12(15)13(11)16;1-9(14(16)17)7-10-5-6-12-11(8-10)3-2-4-13(12)15;14-10(13(17)18)6-7-1-3-9-8(5-7)2-4-11(15)12(9)16;/h2-5,7-8H,6H2,1H3,(H,17,18);2-6,8-9,15H,7H2,1H3,(H,16,17);1-5,10H,6,14H2,(H,17,18);1H. The van der Waals surface area contributed by atoms with Crippen molar-refractivity contribution in [3.8, 4) is 5.75 Å². The molecule has 0 saturated carbocycles. The summed E-state index contributed by atoms with van der Waals surface area (Å²) in [6.07, 6.45) is 6.83. The van der Waals surface area contributed by atoms with E-state index in [-0.39, 0.29) is 18.2 Å². The molecule has 12 nitrogen and oxygen atoms in total. The van der Waals surface area contributed by atoms with Crippen LogP contribution in [0.15, 0.2) is 84.9 Å². The maximum absolute atomic E-state index is 11.6. The molecule has 0 saturated heterocycles. The second-order valence-corrected chi connectivity index (χ2v) is 12.9. The number of ketones is 4. The van der Waals surface area contributed by atoms with Gasteiger partial charge < -0.3 is 38.6 Å². The van der Waals surface area contributed by atoms with Gasteiger partial charge in [-0.05, 0) is 64.3 Å². The average molecular weight is 756 g/mol. The van der Waals surface area contributed by atoms with Gasteiger partial charge in [-0.2, -0.15) is 0 Å². The van der Waals surface area contributed by atoms with Crippen LogP contribution in [0.25, 0.3) is 22.9 Å². The lowest BCUT2D eigenvalue weighted by molar-refractivity contribution is -0.407. The smallest absolute Gasteiger partial charge is 0.362 e. The molecule has 0 heterocycles. The lowest BCUT2D eigenvalue weighted by atomic mass is 9.91. The predicted octanol–water partition coefficient (Wildman–Crippen LogP) is 1.24. The first-order chi connectivity index (χ1) is 25.0. The Morgan fingerprint density at radius 3 is 1.50 bits per heavy atom. The Morgan fingerprint density at radius 1 is 0.593 bits per heavy atom. The van der Waals surface area contributed by atoms with E-state index in [1.807, 2.05) is 24.3 Å². The monoisotopic (exact) mass is 755 g/mol. The number of carboxylic acid groups (broad SMARTS) is 3. The fourth-order valence-electron chi connectivity index (χ4n) is 5.61. The first kappa shape index (κ1) is 42.2. The fraction of sp³-hybridized carbons (Fsp3) is 0.195. The molecule has 0 spiro atoms. The van der Waals surface area contributed by atoms with Gasteiger partial charge in [-0.15, -0.1) is 0 Å². The SMILES string of the molecule is CC(Cc1ccc2c(O)cccc2c1)C(=O)O.CC(Cc1ccc2c(c1)C=CC(=O)C2=O)C(=O)O.[Cl-].[NH3+]C(Cc1ccc2c(c1)C=CC(=O)C2=O)C(=O)O. The van der Waals surface area contributed by atoms with Crippen LogP contribution in [-0.4, -0.2) is 67.5 Å². The van der Waals surface area contributed by atoms with Crippen molar-refractivity contribution >= 4 is 64.0 Å². The van der Waals surface area contributed by atoms with Gasteiger partial charge in [0.05, 0.1) is 11.8 Å². The molecule has 7 N–H and O–H groups in total. The van der Waals surface area contributed by atoms with E-state index in [1.165, 1.54) is 12.2 Å². The molecular weight excluding hydrogens is 718 g/mol. The van der Waals surface area contributed by atoms with Gasteiger partial charge in [-0.3, -0.25) is 28.8 Å². The zero-order valence-corrected chi connectivity index (χ0v) is 30.1. The molecule has 2 aliphatic rings. The van der Waals surface area contributed by atoms with Gasteiger partial charge in [0, 0.05) is 22.9 Å². The van der Waals surface area contributed by atoms with Crippen LogP contribution in [0.5, 0.6) is 5.75 Å². The number of hydrogen-bond donors (Lipinski definition) is 5. The molecular formula is C41H38ClNO11. The number of phenolic OH excluding ortho intramolecular Hbond substituents is 1. The number of quaternary nitrogens is 1. The Morgan fingerprint density at radius 2 is 1.04 bits per heavy atom. The second kappa shape index (κ2) is 18.5. The predicted molar refractivity (Wildman–Crippen MR) is 194 cm³/mol. The lowest BCUT2D eigenvalue weighted by Gasteiger charge is -2.11. The van der Waals surface area contributed by atoms with Crippen molar-refractivity contribution in [1.82, 2.24) is 0 Å². The Labute approximate surface area is 316 Å². The van der Waals surface area contributed by atoms with Crippen LogP contribution in [0.2, 0.25) is 0 Å². The quantitative estimate of drug-likeness (QED) is 0.153. The number of allylic oxidation sites excluding steroid dienone is 2. The van der Waals surface area contributed by atoms with E-state index in [4.69, 9.17) is 15.3 Å². The van der Waals surface area contributed by atoms with Crippen molar-refractivity contribution in [2.24, 2.45) is 11.8 Å². The molecule has 0 amide bonds. The normalized spacial score (nSPS) is 14.2. The molecule has 0 radical (unpaired) electrons. The maximum Gasteiger partial charge on any atom is 0.362 e. The number of halogens is 1. The summed E-state index contributed by atoms with van der Waals surface area (Å²) < 4.78 is 0. The van der Waals surface area contributed by atoms with E-state index >= 15 is 0 Å². The van der Waals surface area contributed by atoms with Crippen LogP contribution in [0, 0.1) is 11.8 Å². The summed E-state index contributed by atoms with van der Waals surface area (Å²) in [7, 11) is 0. The van der Waals surface area contributed by atoms with Crippen molar-refractivity contribution in [3.63, 3.8) is 0 Å². The molecule has 0 fully saturated rings. The minimum Gasteiger partial charge on any atom is -1.00 e. The summed E-state index contributed by atoms with van der Waals surface area (Å²) in [6, 6.07) is 20.2. The highest BCUT2D eigenvalue weighted by atomic mass is 35.5. The number of rotatable bonds is 9. The molecule has 0 bridgehead atoms. The third kappa shape index (κ3) is 10.7. The minimum atomic E-state index is -0.963. The third-order valence-electron chi connectivity index (χ3n) is 8.68. The van der Waals surface area contributed by atoms with E-state index in [2.05, 4.69) is 5.73 Å². The Hall–Kier alpha value is -6.24. The molecule has 4 aromatic rings. The summed E-state index contributed by atoms with van der Waals surface area (Å²) in [6.45, 7) is 3.32. The van der Waals surface area contributed by atoms with E-state index < -0.39 is 58.9 Å². The van der Waals surface area contributed by atoms with E-state index in [1.54, 1.807) is 74.5 Å². The van der Waals surface area contributed by atoms with Crippen LogP contribution >= 0.6 is 0 Å². The molecule has 54 heavy (non-hydrogen) atoms. The number of phenols is 1. The van der Waals surface area contributed by atoms with Crippen LogP contribution in [0.3, 0.4) is 0 Å². The second-order valence-electron chi connectivity index (χ2n) is 12.9. The van der Waals surface area contributed by atoms with Crippen LogP contribution in [-0.2, 0) is 43.2 Å². The number of carbonyl (C=O) groups excluding carboxylic acids is 4. The van der Waals surface area contributed by atoms with Crippen molar-refractivity contribution < 1.29 is 72.1 Å². The Bertz CT molecular complexity index is 2100. The summed E-state index contributed by atoms with van der Waals surface area (Å²) in [5.74, 6) is -5.32. The minimum absolute atomic E-state index is 0. The van der Waals surface area contributed by atoms with Gasteiger partial charge in [0.25, 0.3) is 0 Å². The summed E-state index contributed by atoms with van der Waals surface area (Å²) in [4.78, 5) is 77.8. The summed E-state index contributed by atoms with van der Waals surface area (Å²) in [5, 5.41) is 37.8. The number of hydrogen-bond acceptors (Lipinski definition) is 8. The summed E-state index contributed by atoms with van der Waals surface area (Å²) >= 11 is 0. The Kier molecular flexibility index (Phi) is 14.4. The molecule has 4 aromatic carbocycles. The number of Topliss-reactive ketones (excluding diaryl/α,β-unsaturated/α-hetero) is 2. The molecule has 0 aromatic heterocycles. The van der Waals surface area contributed by atoms with Crippen molar-refractivity contribution in [1.29, 1.82) is 0 Å². The topological polar surface area (TPSA) is 228 Å². The zero-order valence-electron chi connectivity index (χ0n) is 29.3.